The number of imidazole rings is 1. The van der Waals surface area contributed by atoms with Gasteiger partial charge in [0.05, 0.1) is 17.6 Å². The van der Waals surface area contributed by atoms with E-state index in [9.17, 15) is 4.79 Å². The smallest absolute Gasteiger partial charge is 0.262 e. The molecule has 4 rings (SSSR count). The van der Waals surface area contributed by atoms with Crippen LogP contribution in [-0.2, 0) is 17.9 Å². The first-order chi connectivity index (χ1) is 15.6. The molecule has 1 aliphatic heterocycles. The second-order valence-electron chi connectivity index (χ2n) is 8.36. The summed E-state index contributed by atoms with van der Waals surface area (Å²) in [5.41, 5.74) is 2.78. The fourth-order valence-electron chi connectivity index (χ4n) is 4.14. The normalized spacial score (nSPS) is 14.6. The Kier molecular flexibility index (Phi) is 7.66. The standard InChI is InChI=1S/C25H31ClN4O2/c1-2-3-15-30-23-12-9-20(27-25(31)18-32-21-10-7-19(26)8-11-21)16-22(23)28-24(30)17-29-13-5-4-6-14-29/h7-12,16H,2-6,13-15,17-18H2,1H3,(H,27,31). The number of nitrogens with one attached hydrogen (secondary N) is 1. The average Bonchev–Trinajstić information content (AvgIpc) is 3.14. The lowest BCUT2D eigenvalue weighted by Crippen LogP contribution is -2.30. The Morgan fingerprint density at radius 1 is 1.12 bits per heavy atom. The zero-order chi connectivity index (χ0) is 22.3. The van der Waals surface area contributed by atoms with Crippen LogP contribution in [0.5, 0.6) is 5.75 Å². The maximum Gasteiger partial charge on any atom is 0.262 e. The number of likely N-dealkylation sites (tertiary alicyclic amines) is 1. The van der Waals surface area contributed by atoms with Crippen LogP contribution in [0.3, 0.4) is 0 Å². The van der Waals surface area contributed by atoms with Gasteiger partial charge in [-0.2, -0.15) is 0 Å². The summed E-state index contributed by atoms with van der Waals surface area (Å²) in [5.74, 6) is 1.51. The molecule has 32 heavy (non-hydrogen) atoms. The van der Waals surface area contributed by atoms with E-state index in [0.717, 1.165) is 61.6 Å². The van der Waals surface area contributed by atoms with Gasteiger partial charge in [-0.25, -0.2) is 4.98 Å². The van der Waals surface area contributed by atoms with E-state index in [0.29, 0.717) is 10.8 Å². The molecular weight excluding hydrogens is 424 g/mol. The van der Waals surface area contributed by atoms with Crippen molar-refractivity contribution in [3.05, 3.63) is 53.3 Å². The molecule has 170 valence electrons. The van der Waals surface area contributed by atoms with Crippen LogP contribution in [0.2, 0.25) is 5.02 Å². The summed E-state index contributed by atoms with van der Waals surface area (Å²) in [6, 6.07) is 12.9. The lowest BCUT2D eigenvalue weighted by Gasteiger charge is -2.26. The molecule has 2 heterocycles. The summed E-state index contributed by atoms with van der Waals surface area (Å²) in [5, 5.41) is 3.55. The van der Waals surface area contributed by atoms with Crippen molar-refractivity contribution >= 4 is 34.2 Å². The van der Waals surface area contributed by atoms with Crippen molar-refractivity contribution in [3.8, 4) is 5.75 Å². The lowest BCUT2D eigenvalue weighted by atomic mass is 10.1. The molecule has 0 saturated carbocycles. The highest BCUT2D eigenvalue weighted by molar-refractivity contribution is 6.30. The quantitative estimate of drug-likeness (QED) is 0.464. The molecule has 0 radical (unpaired) electrons. The van der Waals surface area contributed by atoms with Crippen LogP contribution < -0.4 is 10.1 Å². The second kappa shape index (κ2) is 10.8. The molecular formula is C25H31ClN4O2. The van der Waals surface area contributed by atoms with Crippen molar-refractivity contribution in [1.29, 1.82) is 0 Å². The van der Waals surface area contributed by atoms with E-state index >= 15 is 0 Å². The van der Waals surface area contributed by atoms with Gasteiger partial charge < -0.3 is 14.6 Å². The number of halogens is 1. The number of hydrogen-bond donors (Lipinski definition) is 1. The van der Waals surface area contributed by atoms with Crippen LogP contribution in [0, 0.1) is 0 Å². The highest BCUT2D eigenvalue weighted by Crippen LogP contribution is 2.23. The van der Waals surface area contributed by atoms with Gasteiger partial charge in [0, 0.05) is 17.3 Å². The van der Waals surface area contributed by atoms with Crippen LogP contribution >= 0.6 is 11.6 Å². The molecule has 0 unspecified atom stereocenters. The van der Waals surface area contributed by atoms with Gasteiger partial charge in [-0.3, -0.25) is 9.69 Å². The number of aryl methyl sites for hydroxylation is 1. The number of fused-ring (bicyclic) bond motifs is 1. The molecule has 1 N–H and O–H groups in total. The molecule has 1 amide bonds. The van der Waals surface area contributed by atoms with E-state index in [4.69, 9.17) is 21.3 Å². The number of hydrogen-bond acceptors (Lipinski definition) is 4. The monoisotopic (exact) mass is 454 g/mol. The Morgan fingerprint density at radius 3 is 2.66 bits per heavy atom. The van der Waals surface area contributed by atoms with Gasteiger partial charge >= 0.3 is 0 Å². The fourth-order valence-corrected chi connectivity index (χ4v) is 4.26. The molecule has 1 aromatic heterocycles. The van der Waals surface area contributed by atoms with E-state index in [-0.39, 0.29) is 12.5 Å². The Bertz CT molecular complexity index is 1040. The number of piperidine rings is 1. The maximum atomic E-state index is 12.4. The first-order valence-corrected chi connectivity index (χ1v) is 11.9. The number of unbranched alkanes of at least 4 members (excludes halogenated alkanes) is 1. The fraction of sp³-hybridized carbons (Fsp3) is 0.440. The van der Waals surface area contributed by atoms with Gasteiger partial charge in [-0.15, -0.1) is 0 Å². The van der Waals surface area contributed by atoms with Crippen LogP contribution in [0.25, 0.3) is 11.0 Å². The average molecular weight is 455 g/mol. The molecule has 6 nitrogen and oxygen atoms in total. The van der Waals surface area contributed by atoms with Crippen molar-refractivity contribution in [2.24, 2.45) is 0 Å². The van der Waals surface area contributed by atoms with Crippen molar-refractivity contribution in [2.75, 3.05) is 25.0 Å². The van der Waals surface area contributed by atoms with Crippen LogP contribution in [0.4, 0.5) is 5.69 Å². The Hall–Kier alpha value is -2.57. The van der Waals surface area contributed by atoms with E-state index in [1.54, 1.807) is 24.3 Å². The largest absolute Gasteiger partial charge is 0.484 e. The number of nitrogens with zero attached hydrogens (tertiary/aromatic N) is 3. The second-order valence-corrected chi connectivity index (χ2v) is 8.80. The van der Waals surface area contributed by atoms with Gasteiger partial charge in [0.15, 0.2) is 6.61 Å². The molecule has 3 aromatic rings. The summed E-state index contributed by atoms with van der Waals surface area (Å²) in [6.45, 7) is 6.29. The lowest BCUT2D eigenvalue weighted by molar-refractivity contribution is -0.118. The third kappa shape index (κ3) is 5.81. The number of anilines is 1. The van der Waals surface area contributed by atoms with Crippen LogP contribution in [0.15, 0.2) is 42.5 Å². The molecule has 2 aromatic carbocycles. The summed E-state index contributed by atoms with van der Waals surface area (Å²) >= 11 is 5.88. The number of amides is 1. The van der Waals surface area contributed by atoms with Crippen molar-refractivity contribution in [3.63, 3.8) is 0 Å². The zero-order valence-electron chi connectivity index (χ0n) is 18.6. The van der Waals surface area contributed by atoms with E-state index in [1.807, 2.05) is 12.1 Å². The van der Waals surface area contributed by atoms with E-state index < -0.39 is 0 Å². The predicted octanol–water partition coefficient (Wildman–Crippen LogP) is 5.49. The summed E-state index contributed by atoms with van der Waals surface area (Å²) in [4.78, 5) is 19.8. The molecule has 7 heteroatoms. The third-order valence-electron chi connectivity index (χ3n) is 5.84. The molecule has 0 spiro atoms. The Morgan fingerprint density at radius 2 is 1.91 bits per heavy atom. The molecule has 0 aliphatic carbocycles. The minimum atomic E-state index is -0.210. The van der Waals surface area contributed by atoms with E-state index in [2.05, 4.69) is 27.8 Å². The van der Waals surface area contributed by atoms with Gasteiger partial charge in [0.25, 0.3) is 5.91 Å². The third-order valence-corrected chi connectivity index (χ3v) is 6.10. The van der Waals surface area contributed by atoms with Crippen molar-refractivity contribution < 1.29 is 9.53 Å². The number of carbonyl (C=O) groups is 1. The van der Waals surface area contributed by atoms with Crippen LogP contribution in [-0.4, -0.2) is 40.1 Å². The number of ether oxygens (including phenoxy) is 1. The van der Waals surface area contributed by atoms with Gasteiger partial charge in [-0.05, 0) is 74.8 Å². The zero-order valence-corrected chi connectivity index (χ0v) is 19.4. The SMILES string of the molecule is CCCCn1c(CN2CCCCC2)nc2cc(NC(=O)COc3ccc(Cl)cc3)ccc21. The predicted molar refractivity (Wildman–Crippen MR) is 129 cm³/mol. The number of benzene rings is 2. The summed E-state index contributed by atoms with van der Waals surface area (Å²) in [6.07, 6.45) is 6.13. The highest BCUT2D eigenvalue weighted by atomic mass is 35.5. The summed E-state index contributed by atoms with van der Waals surface area (Å²) in [7, 11) is 0. The number of rotatable bonds is 9. The van der Waals surface area contributed by atoms with Crippen molar-refractivity contribution in [1.82, 2.24) is 14.5 Å². The molecule has 0 atom stereocenters. The van der Waals surface area contributed by atoms with Gasteiger partial charge in [-0.1, -0.05) is 31.4 Å². The molecule has 1 aliphatic rings. The number of aromatic nitrogens is 2. The van der Waals surface area contributed by atoms with Gasteiger partial charge in [0.2, 0.25) is 0 Å². The molecule has 0 bridgehead atoms. The van der Waals surface area contributed by atoms with Crippen LogP contribution in [0.1, 0.15) is 44.9 Å². The molecule has 1 fully saturated rings. The number of carbonyl (C=O) groups excluding carboxylic acids is 1. The maximum absolute atomic E-state index is 12.4. The first kappa shape index (κ1) is 22.6. The van der Waals surface area contributed by atoms with Crippen molar-refractivity contribution in [2.45, 2.75) is 52.1 Å². The van der Waals surface area contributed by atoms with Gasteiger partial charge in [0.1, 0.15) is 11.6 Å². The topological polar surface area (TPSA) is 59.4 Å². The Labute approximate surface area is 194 Å². The molecule has 1 saturated heterocycles. The minimum Gasteiger partial charge on any atom is -0.484 e. The van der Waals surface area contributed by atoms with E-state index in [1.165, 1.54) is 19.3 Å². The Balaban J connectivity index is 1.45. The summed E-state index contributed by atoms with van der Waals surface area (Å²) < 4.78 is 7.89. The first-order valence-electron chi connectivity index (χ1n) is 11.5. The minimum absolute atomic E-state index is 0.0647. The highest BCUT2D eigenvalue weighted by Gasteiger charge is 2.17.